The van der Waals surface area contributed by atoms with Crippen LogP contribution in [0.5, 0.6) is 0 Å². The Hall–Kier alpha value is -2.00. The number of hydrogen-bond donors (Lipinski definition) is 1. The number of aromatic nitrogens is 3. The van der Waals surface area contributed by atoms with Crippen molar-refractivity contribution >= 4 is 11.9 Å². The highest BCUT2D eigenvalue weighted by atomic mass is 16.5. The van der Waals surface area contributed by atoms with Crippen molar-refractivity contribution < 1.29 is 24.2 Å². The second kappa shape index (κ2) is 14.1. The van der Waals surface area contributed by atoms with Gasteiger partial charge in [-0.1, -0.05) is 37.8 Å². The molecular formula is C22H38N4O5. The fraction of sp³-hybridized carbons (Fsp3) is 0.818. The summed E-state index contributed by atoms with van der Waals surface area (Å²) in [5, 5.41) is 18.4. The second-order valence-corrected chi connectivity index (χ2v) is 8.26. The molecule has 1 aromatic rings. The molecule has 0 amide bonds. The molecule has 0 radical (unpaired) electrons. The average Bonchev–Trinajstić information content (AvgIpc) is 3.19. The first-order valence-corrected chi connectivity index (χ1v) is 11.6. The van der Waals surface area contributed by atoms with Gasteiger partial charge in [0.2, 0.25) is 0 Å². The molecule has 0 saturated carbocycles. The topological polar surface area (TPSA) is 107 Å². The smallest absolute Gasteiger partial charge is 0.310 e. The molecule has 0 aromatic carbocycles. The zero-order valence-electron chi connectivity index (χ0n) is 19.0. The van der Waals surface area contributed by atoms with Crippen LogP contribution in [0.2, 0.25) is 0 Å². The predicted molar refractivity (Wildman–Crippen MR) is 115 cm³/mol. The van der Waals surface area contributed by atoms with Crippen molar-refractivity contribution in [2.24, 2.45) is 5.92 Å². The van der Waals surface area contributed by atoms with Gasteiger partial charge in [0.1, 0.15) is 12.7 Å². The zero-order chi connectivity index (χ0) is 22.5. The van der Waals surface area contributed by atoms with Gasteiger partial charge < -0.3 is 14.6 Å². The summed E-state index contributed by atoms with van der Waals surface area (Å²) >= 11 is 0. The maximum absolute atomic E-state index is 12.0. The molecule has 1 fully saturated rings. The Morgan fingerprint density at radius 2 is 2.03 bits per heavy atom. The highest BCUT2D eigenvalue weighted by Crippen LogP contribution is 2.19. The van der Waals surface area contributed by atoms with Crippen LogP contribution in [-0.4, -0.2) is 69.3 Å². The SMILES string of the molecule is CCCCCCCC(=O)OCC(O)Cn1cc(CN2CCCC(C(=O)OCC)C2)nn1. The molecule has 1 aromatic heterocycles. The number of aliphatic hydroxyl groups is 1. The predicted octanol–water partition coefficient (Wildman–Crippen LogP) is 2.32. The van der Waals surface area contributed by atoms with Gasteiger partial charge in [-0.05, 0) is 32.7 Å². The van der Waals surface area contributed by atoms with Crippen molar-refractivity contribution in [1.82, 2.24) is 19.9 Å². The van der Waals surface area contributed by atoms with Gasteiger partial charge in [-0.3, -0.25) is 14.5 Å². The molecule has 0 bridgehead atoms. The summed E-state index contributed by atoms with van der Waals surface area (Å²) in [6.45, 7) is 6.70. The minimum absolute atomic E-state index is 0.0453. The van der Waals surface area contributed by atoms with E-state index in [1.165, 1.54) is 12.8 Å². The third kappa shape index (κ3) is 9.78. The molecule has 2 unspecified atom stereocenters. The van der Waals surface area contributed by atoms with Crippen molar-refractivity contribution in [2.45, 2.75) is 84.4 Å². The van der Waals surface area contributed by atoms with Gasteiger partial charge in [-0.15, -0.1) is 5.10 Å². The van der Waals surface area contributed by atoms with E-state index in [0.717, 1.165) is 44.3 Å². The number of rotatable bonds is 14. The number of esters is 2. The summed E-state index contributed by atoms with van der Waals surface area (Å²) in [7, 11) is 0. The van der Waals surface area contributed by atoms with Crippen LogP contribution in [0.1, 0.15) is 70.9 Å². The first-order chi connectivity index (χ1) is 15.0. The Balaban J connectivity index is 1.67. The van der Waals surface area contributed by atoms with Crippen molar-refractivity contribution in [2.75, 3.05) is 26.3 Å². The Morgan fingerprint density at radius 3 is 2.81 bits per heavy atom. The number of unbranched alkanes of at least 4 members (excludes halogenated alkanes) is 4. The van der Waals surface area contributed by atoms with Gasteiger partial charge >= 0.3 is 11.9 Å². The van der Waals surface area contributed by atoms with Crippen LogP contribution in [0.3, 0.4) is 0 Å². The largest absolute Gasteiger partial charge is 0.466 e. The van der Waals surface area contributed by atoms with Crippen LogP contribution in [-0.2, 0) is 32.2 Å². The van der Waals surface area contributed by atoms with Gasteiger partial charge in [0.25, 0.3) is 0 Å². The molecule has 9 nitrogen and oxygen atoms in total. The maximum Gasteiger partial charge on any atom is 0.310 e. The van der Waals surface area contributed by atoms with Crippen LogP contribution in [0.15, 0.2) is 6.20 Å². The fourth-order valence-electron chi connectivity index (χ4n) is 3.78. The summed E-state index contributed by atoms with van der Waals surface area (Å²) in [4.78, 5) is 25.9. The molecule has 1 aliphatic heterocycles. The van der Waals surface area contributed by atoms with Gasteiger partial charge in [-0.2, -0.15) is 0 Å². The molecule has 9 heteroatoms. The highest BCUT2D eigenvalue weighted by molar-refractivity contribution is 5.72. The standard InChI is InChI=1S/C22H38N4O5/c1-3-5-6-7-8-11-21(28)31-17-20(27)16-26-15-19(23-24-26)14-25-12-9-10-18(13-25)22(29)30-4-2/h15,18,20,27H,3-14,16-17H2,1-2H3. The summed E-state index contributed by atoms with van der Waals surface area (Å²) in [6, 6.07) is 0. The van der Waals surface area contributed by atoms with E-state index in [2.05, 4.69) is 22.1 Å². The number of nitrogens with zero attached hydrogens (tertiary/aromatic N) is 4. The number of carbonyl (C=O) groups is 2. The minimum atomic E-state index is -0.832. The molecule has 1 saturated heterocycles. The monoisotopic (exact) mass is 438 g/mol. The second-order valence-electron chi connectivity index (χ2n) is 8.26. The number of carbonyl (C=O) groups excluding carboxylic acids is 2. The lowest BCUT2D eigenvalue weighted by Crippen LogP contribution is -2.39. The van der Waals surface area contributed by atoms with Crippen molar-refractivity contribution in [3.63, 3.8) is 0 Å². The number of hydrogen-bond acceptors (Lipinski definition) is 8. The third-order valence-electron chi connectivity index (χ3n) is 5.42. The van der Waals surface area contributed by atoms with Crippen LogP contribution in [0.4, 0.5) is 0 Å². The lowest BCUT2D eigenvalue weighted by molar-refractivity contribution is -0.150. The van der Waals surface area contributed by atoms with Gasteiger partial charge in [-0.25, -0.2) is 4.68 Å². The molecule has 2 heterocycles. The number of piperidine rings is 1. The van der Waals surface area contributed by atoms with E-state index >= 15 is 0 Å². The fourth-order valence-corrected chi connectivity index (χ4v) is 3.78. The molecular weight excluding hydrogens is 400 g/mol. The number of likely N-dealkylation sites (tertiary alicyclic amines) is 1. The van der Waals surface area contributed by atoms with Gasteiger partial charge in [0, 0.05) is 25.7 Å². The van der Waals surface area contributed by atoms with Crippen LogP contribution < -0.4 is 0 Å². The minimum Gasteiger partial charge on any atom is -0.466 e. The van der Waals surface area contributed by atoms with Gasteiger partial charge in [0.05, 0.1) is 24.8 Å². The summed E-state index contributed by atoms with van der Waals surface area (Å²) < 4.78 is 11.9. The summed E-state index contributed by atoms with van der Waals surface area (Å²) in [5.74, 6) is -0.488. The normalized spacial score (nSPS) is 18.0. The first-order valence-electron chi connectivity index (χ1n) is 11.6. The Labute approximate surface area is 185 Å². The van der Waals surface area contributed by atoms with E-state index < -0.39 is 6.10 Å². The molecule has 2 rings (SSSR count). The van der Waals surface area contributed by atoms with Crippen LogP contribution in [0.25, 0.3) is 0 Å². The lowest BCUT2D eigenvalue weighted by atomic mass is 9.98. The Kier molecular flexibility index (Phi) is 11.5. The number of aliphatic hydroxyl groups excluding tert-OH is 1. The molecule has 2 atom stereocenters. The lowest BCUT2D eigenvalue weighted by Gasteiger charge is -2.30. The first kappa shape index (κ1) is 25.3. The quantitative estimate of drug-likeness (QED) is 0.348. The van der Waals surface area contributed by atoms with E-state index in [-0.39, 0.29) is 31.0 Å². The molecule has 31 heavy (non-hydrogen) atoms. The number of ether oxygens (including phenoxy) is 2. The summed E-state index contributed by atoms with van der Waals surface area (Å²) in [6.07, 6.45) is 8.51. The third-order valence-corrected chi connectivity index (χ3v) is 5.42. The van der Waals surface area contributed by atoms with E-state index in [1.807, 2.05) is 6.92 Å². The van der Waals surface area contributed by atoms with Crippen molar-refractivity contribution in [3.05, 3.63) is 11.9 Å². The Morgan fingerprint density at radius 1 is 1.23 bits per heavy atom. The van der Waals surface area contributed by atoms with Crippen LogP contribution in [0, 0.1) is 5.92 Å². The Bertz CT molecular complexity index is 666. The van der Waals surface area contributed by atoms with E-state index in [0.29, 0.717) is 26.1 Å². The summed E-state index contributed by atoms with van der Waals surface area (Å²) in [5.41, 5.74) is 0.779. The molecule has 0 aliphatic carbocycles. The van der Waals surface area contributed by atoms with E-state index in [1.54, 1.807) is 10.9 Å². The molecule has 1 N–H and O–H groups in total. The van der Waals surface area contributed by atoms with Crippen LogP contribution >= 0.6 is 0 Å². The molecule has 0 spiro atoms. The van der Waals surface area contributed by atoms with Crippen molar-refractivity contribution in [1.29, 1.82) is 0 Å². The zero-order valence-corrected chi connectivity index (χ0v) is 19.0. The molecule has 176 valence electrons. The van der Waals surface area contributed by atoms with Crippen molar-refractivity contribution in [3.8, 4) is 0 Å². The van der Waals surface area contributed by atoms with E-state index in [9.17, 15) is 14.7 Å². The van der Waals surface area contributed by atoms with E-state index in [4.69, 9.17) is 9.47 Å². The average molecular weight is 439 g/mol. The van der Waals surface area contributed by atoms with Gasteiger partial charge in [0.15, 0.2) is 0 Å². The maximum atomic E-state index is 12.0. The molecule has 1 aliphatic rings. The highest BCUT2D eigenvalue weighted by Gasteiger charge is 2.27.